The summed E-state index contributed by atoms with van der Waals surface area (Å²) in [6, 6.07) is 0.700. The molecule has 1 unspecified atom stereocenters. The third-order valence-electron chi connectivity index (χ3n) is 5.60. The number of hydrogen-bond donors (Lipinski definition) is 2. The Kier molecular flexibility index (Phi) is 4.59. The van der Waals surface area contributed by atoms with Gasteiger partial charge in [-0.05, 0) is 64.0 Å². The van der Waals surface area contributed by atoms with E-state index in [0.29, 0.717) is 17.4 Å². The highest BCUT2D eigenvalue weighted by molar-refractivity contribution is 5.02. The van der Waals surface area contributed by atoms with Crippen molar-refractivity contribution in [3.05, 3.63) is 0 Å². The van der Waals surface area contributed by atoms with Crippen LogP contribution in [0.15, 0.2) is 0 Å². The van der Waals surface area contributed by atoms with Gasteiger partial charge in [0.25, 0.3) is 0 Å². The molecule has 0 heterocycles. The van der Waals surface area contributed by atoms with Crippen molar-refractivity contribution in [1.29, 1.82) is 0 Å². The molecule has 0 saturated heterocycles. The van der Waals surface area contributed by atoms with Crippen LogP contribution in [0, 0.1) is 11.3 Å². The number of likely N-dealkylation sites (N-methyl/N-ethyl adjacent to an activating group) is 2. The molecule has 1 atom stereocenters. The van der Waals surface area contributed by atoms with E-state index in [4.69, 9.17) is 0 Å². The minimum atomic E-state index is -0.0677. The first kappa shape index (κ1) is 15.3. The van der Waals surface area contributed by atoms with Gasteiger partial charge in [-0.2, -0.15) is 0 Å². The first-order chi connectivity index (χ1) is 8.92. The SMILES string of the molecule is CNC(CO)(CN(C)C1CCC(C)(C)CC1)C1CC1. The Morgan fingerprint density at radius 3 is 2.21 bits per heavy atom. The fourth-order valence-electron chi connectivity index (χ4n) is 3.71. The molecule has 0 radical (unpaired) electrons. The lowest BCUT2D eigenvalue weighted by atomic mass is 9.75. The van der Waals surface area contributed by atoms with E-state index in [9.17, 15) is 5.11 Å². The lowest BCUT2D eigenvalue weighted by molar-refractivity contribution is 0.0638. The zero-order valence-corrected chi connectivity index (χ0v) is 13.2. The predicted molar refractivity (Wildman–Crippen MR) is 80.3 cm³/mol. The van der Waals surface area contributed by atoms with Crippen LogP contribution in [0.1, 0.15) is 52.4 Å². The van der Waals surface area contributed by atoms with E-state index in [0.717, 1.165) is 6.54 Å². The summed E-state index contributed by atoms with van der Waals surface area (Å²) >= 11 is 0. The summed E-state index contributed by atoms with van der Waals surface area (Å²) in [5, 5.41) is 13.2. The van der Waals surface area contributed by atoms with E-state index >= 15 is 0 Å². The fourth-order valence-corrected chi connectivity index (χ4v) is 3.71. The maximum Gasteiger partial charge on any atom is 0.0628 e. The number of aliphatic hydroxyl groups excluding tert-OH is 1. The molecule has 0 aromatic heterocycles. The third kappa shape index (κ3) is 3.50. The van der Waals surface area contributed by atoms with Gasteiger partial charge in [-0.1, -0.05) is 13.8 Å². The standard InChI is InChI=1S/C16H32N2O/c1-15(2)9-7-14(8-10-15)18(4)11-16(12-19,17-3)13-5-6-13/h13-14,17,19H,5-12H2,1-4H3. The minimum Gasteiger partial charge on any atom is -0.394 e. The van der Waals surface area contributed by atoms with Crippen molar-refractivity contribution in [2.24, 2.45) is 11.3 Å². The van der Waals surface area contributed by atoms with Gasteiger partial charge in [-0.3, -0.25) is 0 Å². The highest BCUT2D eigenvalue weighted by atomic mass is 16.3. The Hall–Kier alpha value is -0.120. The van der Waals surface area contributed by atoms with Gasteiger partial charge in [-0.25, -0.2) is 0 Å². The predicted octanol–water partition coefficient (Wildman–Crippen LogP) is 2.25. The van der Waals surface area contributed by atoms with Gasteiger partial charge < -0.3 is 15.3 Å². The van der Waals surface area contributed by atoms with Crippen molar-refractivity contribution in [1.82, 2.24) is 10.2 Å². The molecule has 2 fully saturated rings. The second-order valence-corrected chi connectivity index (χ2v) is 7.65. The van der Waals surface area contributed by atoms with E-state index in [1.165, 1.54) is 38.5 Å². The molecule has 2 aliphatic carbocycles. The molecule has 3 nitrogen and oxygen atoms in total. The molecule has 0 bridgehead atoms. The van der Waals surface area contributed by atoms with E-state index in [-0.39, 0.29) is 12.1 Å². The van der Waals surface area contributed by atoms with Crippen molar-refractivity contribution in [2.75, 3.05) is 27.2 Å². The van der Waals surface area contributed by atoms with Crippen LogP contribution in [0.2, 0.25) is 0 Å². The molecule has 0 aromatic carbocycles. The van der Waals surface area contributed by atoms with E-state index in [1.54, 1.807) is 0 Å². The molecule has 0 aromatic rings. The van der Waals surface area contributed by atoms with Crippen molar-refractivity contribution < 1.29 is 5.11 Å². The summed E-state index contributed by atoms with van der Waals surface area (Å²) in [5.74, 6) is 0.671. The largest absolute Gasteiger partial charge is 0.394 e. The summed E-state index contributed by atoms with van der Waals surface area (Å²) in [6.45, 7) is 6.02. The van der Waals surface area contributed by atoms with Crippen molar-refractivity contribution in [3.8, 4) is 0 Å². The average Bonchev–Trinajstić information content (AvgIpc) is 3.20. The molecular weight excluding hydrogens is 236 g/mol. The summed E-state index contributed by atoms with van der Waals surface area (Å²) in [5.41, 5.74) is 0.465. The zero-order chi connectivity index (χ0) is 14.1. The van der Waals surface area contributed by atoms with Crippen LogP contribution in [0.4, 0.5) is 0 Å². The van der Waals surface area contributed by atoms with Crippen LogP contribution in [0.3, 0.4) is 0 Å². The van der Waals surface area contributed by atoms with Gasteiger partial charge in [0.2, 0.25) is 0 Å². The molecule has 2 aliphatic rings. The van der Waals surface area contributed by atoms with E-state index in [2.05, 4.69) is 31.1 Å². The maximum atomic E-state index is 9.83. The Morgan fingerprint density at radius 2 is 1.79 bits per heavy atom. The fraction of sp³-hybridized carbons (Fsp3) is 1.00. The smallest absolute Gasteiger partial charge is 0.0628 e. The van der Waals surface area contributed by atoms with Crippen LogP contribution in [0.5, 0.6) is 0 Å². The normalized spacial score (nSPS) is 27.5. The molecule has 2 N–H and O–H groups in total. The molecule has 2 saturated carbocycles. The second-order valence-electron chi connectivity index (χ2n) is 7.65. The highest BCUT2D eigenvalue weighted by Gasteiger charge is 2.45. The number of rotatable bonds is 6. The Bertz CT molecular complexity index is 285. The Labute approximate surface area is 118 Å². The van der Waals surface area contributed by atoms with Gasteiger partial charge in [-0.15, -0.1) is 0 Å². The molecule has 112 valence electrons. The average molecular weight is 268 g/mol. The number of nitrogens with one attached hydrogen (secondary N) is 1. The third-order valence-corrected chi connectivity index (χ3v) is 5.60. The van der Waals surface area contributed by atoms with E-state index in [1.807, 2.05) is 7.05 Å². The van der Waals surface area contributed by atoms with Crippen LogP contribution >= 0.6 is 0 Å². The molecule has 0 spiro atoms. The Balaban J connectivity index is 1.91. The van der Waals surface area contributed by atoms with Crippen molar-refractivity contribution >= 4 is 0 Å². The van der Waals surface area contributed by atoms with Gasteiger partial charge in [0, 0.05) is 12.6 Å². The van der Waals surface area contributed by atoms with Crippen LogP contribution in [-0.2, 0) is 0 Å². The van der Waals surface area contributed by atoms with Crippen LogP contribution in [-0.4, -0.2) is 48.8 Å². The topological polar surface area (TPSA) is 35.5 Å². The molecule has 19 heavy (non-hydrogen) atoms. The first-order valence-corrected chi connectivity index (χ1v) is 7.92. The summed E-state index contributed by atoms with van der Waals surface area (Å²) < 4.78 is 0. The molecule has 0 amide bonds. The molecule has 0 aliphatic heterocycles. The number of nitrogens with zero attached hydrogens (tertiary/aromatic N) is 1. The second kappa shape index (κ2) is 5.71. The number of aliphatic hydroxyl groups is 1. The summed E-state index contributed by atoms with van der Waals surface area (Å²) in [6.07, 6.45) is 7.81. The number of hydrogen-bond acceptors (Lipinski definition) is 3. The van der Waals surface area contributed by atoms with Crippen molar-refractivity contribution in [3.63, 3.8) is 0 Å². The van der Waals surface area contributed by atoms with E-state index < -0.39 is 0 Å². The van der Waals surface area contributed by atoms with Gasteiger partial charge in [0.05, 0.1) is 12.1 Å². The highest BCUT2D eigenvalue weighted by Crippen LogP contribution is 2.41. The summed E-state index contributed by atoms with van der Waals surface area (Å²) in [7, 11) is 4.25. The minimum absolute atomic E-state index is 0.0677. The lowest BCUT2D eigenvalue weighted by Crippen LogP contribution is -2.57. The quantitative estimate of drug-likeness (QED) is 0.775. The van der Waals surface area contributed by atoms with Gasteiger partial charge in [0.15, 0.2) is 0 Å². The zero-order valence-electron chi connectivity index (χ0n) is 13.2. The van der Waals surface area contributed by atoms with Gasteiger partial charge >= 0.3 is 0 Å². The molecule has 3 heteroatoms. The van der Waals surface area contributed by atoms with Crippen molar-refractivity contribution in [2.45, 2.75) is 64.0 Å². The molecule has 2 rings (SSSR count). The van der Waals surface area contributed by atoms with Gasteiger partial charge in [0.1, 0.15) is 0 Å². The van der Waals surface area contributed by atoms with Crippen LogP contribution in [0.25, 0.3) is 0 Å². The monoisotopic (exact) mass is 268 g/mol. The lowest BCUT2D eigenvalue weighted by Gasteiger charge is -2.43. The summed E-state index contributed by atoms with van der Waals surface area (Å²) in [4.78, 5) is 2.50. The maximum absolute atomic E-state index is 9.83. The first-order valence-electron chi connectivity index (χ1n) is 7.92. The Morgan fingerprint density at radius 1 is 1.21 bits per heavy atom. The molecular formula is C16H32N2O. The van der Waals surface area contributed by atoms with Crippen LogP contribution < -0.4 is 5.32 Å².